The van der Waals surface area contributed by atoms with Crippen molar-refractivity contribution in [3.8, 4) is 0 Å². The van der Waals surface area contributed by atoms with E-state index in [2.05, 4.69) is 59.3 Å². The summed E-state index contributed by atoms with van der Waals surface area (Å²) in [5.41, 5.74) is 4.19. The maximum Gasteiger partial charge on any atom is 0.232 e. The Morgan fingerprint density at radius 2 is 1.56 bits per heavy atom. The molecule has 0 unspecified atom stereocenters. The first-order valence-corrected chi connectivity index (χ1v) is 11.8. The van der Waals surface area contributed by atoms with Crippen LogP contribution in [0.2, 0.25) is 0 Å². The SMILES string of the molecule is CC[C@H](C)[C@@H](C(=O)Nc1ccc(N2CCOCC2)cc1N1CCOCC1)c1ccccc1. The number of nitrogens with zero attached hydrogens (tertiary/aromatic N) is 2. The fraction of sp³-hybridized carbons (Fsp3) is 0.500. The molecule has 0 spiro atoms. The van der Waals surface area contributed by atoms with E-state index in [0.29, 0.717) is 13.2 Å². The van der Waals surface area contributed by atoms with Crippen LogP contribution in [0.4, 0.5) is 17.1 Å². The Labute approximate surface area is 191 Å². The first-order valence-electron chi connectivity index (χ1n) is 11.8. The lowest BCUT2D eigenvalue weighted by atomic mass is 9.85. The summed E-state index contributed by atoms with van der Waals surface area (Å²) >= 11 is 0. The van der Waals surface area contributed by atoms with Crippen LogP contribution in [-0.2, 0) is 14.3 Å². The third kappa shape index (κ3) is 5.25. The monoisotopic (exact) mass is 437 g/mol. The molecule has 6 heteroatoms. The minimum absolute atomic E-state index is 0.0548. The van der Waals surface area contributed by atoms with Gasteiger partial charge in [0.15, 0.2) is 0 Å². The van der Waals surface area contributed by atoms with Gasteiger partial charge in [-0.05, 0) is 29.7 Å². The molecule has 6 nitrogen and oxygen atoms in total. The Morgan fingerprint density at radius 3 is 2.19 bits per heavy atom. The highest BCUT2D eigenvalue weighted by molar-refractivity contribution is 5.99. The van der Waals surface area contributed by atoms with E-state index >= 15 is 0 Å². The largest absolute Gasteiger partial charge is 0.378 e. The molecule has 0 aliphatic carbocycles. The molecule has 0 radical (unpaired) electrons. The fourth-order valence-electron chi connectivity index (χ4n) is 4.55. The highest BCUT2D eigenvalue weighted by Gasteiger charge is 2.27. The van der Waals surface area contributed by atoms with Gasteiger partial charge in [-0.2, -0.15) is 0 Å². The maximum atomic E-state index is 13.6. The lowest BCUT2D eigenvalue weighted by Gasteiger charge is -2.34. The number of carbonyl (C=O) groups excluding carboxylic acids is 1. The van der Waals surface area contributed by atoms with Crippen LogP contribution in [-0.4, -0.2) is 58.5 Å². The molecule has 2 atom stereocenters. The van der Waals surface area contributed by atoms with E-state index in [1.54, 1.807) is 0 Å². The van der Waals surface area contributed by atoms with Crippen molar-refractivity contribution in [1.82, 2.24) is 0 Å². The van der Waals surface area contributed by atoms with Crippen LogP contribution in [0.5, 0.6) is 0 Å². The zero-order valence-electron chi connectivity index (χ0n) is 19.3. The van der Waals surface area contributed by atoms with Crippen LogP contribution in [0, 0.1) is 5.92 Å². The molecule has 32 heavy (non-hydrogen) atoms. The number of anilines is 3. The van der Waals surface area contributed by atoms with E-state index in [4.69, 9.17) is 9.47 Å². The molecule has 2 fully saturated rings. The van der Waals surface area contributed by atoms with Crippen molar-refractivity contribution < 1.29 is 14.3 Å². The van der Waals surface area contributed by atoms with Gasteiger partial charge in [0.25, 0.3) is 0 Å². The number of ether oxygens (including phenoxy) is 2. The molecular weight excluding hydrogens is 402 g/mol. The van der Waals surface area contributed by atoms with E-state index in [9.17, 15) is 4.79 Å². The van der Waals surface area contributed by atoms with Crippen LogP contribution in [0.25, 0.3) is 0 Å². The summed E-state index contributed by atoms with van der Waals surface area (Å²) in [5, 5.41) is 3.29. The van der Waals surface area contributed by atoms with E-state index in [1.165, 1.54) is 5.69 Å². The smallest absolute Gasteiger partial charge is 0.232 e. The standard InChI is InChI=1S/C26H35N3O3/c1-3-20(2)25(21-7-5-4-6-8-21)26(30)27-23-10-9-22(28-11-15-31-16-12-28)19-24(23)29-13-17-32-18-14-29/h4-10,19-20,25H,3,11-18H2,1-2H3,(H,27,30)/t20-,25+/m0/s1. The first kappa shape index (κ1) is 22.6. The maximum absolute atomic E-state index is 13.6. The average molecular weight is 438 g/mol. The summed E-state index contributed by atoms with van der Waals surface area (Å²) in [7, 11) is 0. The van der Waals surface area contributed by atoms with Gasteiger partial charge in [-0.1, -0.05) is 50.6 Å². The van der Waals surface area contributed by atoms with Gasteiger partial charge in [-0.15, -0.1) is 0 Å². The number of nitrogens with one attached hydrogen (secondary N) is 1. The fourth-order valence-corrected chi connectivity index (χ4v) is 4.55. The third-order valence-electron chi connectivity index (χ3n) is 6.62. The zero-order chi connectivity index (χ0) is 22.3. The van der Waals surface area contributed by atoms with Crippen molar-refractivity contribution in [3.63, 3.8) is 0 Å². The summed E-state index contributed by atoms with van der Waals surface area (Å²) < 4.78 is 11.1. The lowest BCUT2D eigenvalue weighted by Crippen LogP contribution is -2.38. The number of morpholine rings is 2. The van der Waals surface area contributed by atoms with Gasteiger partial charge < -0.3 is 24.6 Å². The molecule has 2 aromatic rings. The number of amides is 1. The summed E-state index contributed by atoms with van der Waals surface area (Å²) in [6, 6.07) is 16.5. The molecule has 2 aliphatic rings. The van der Waals surface area contributed by atoms with Crippen LogP contribution in [0.1, 0.15) is 31.7 Å². The molecule has 1 amide bonds. The number of hydrogen-bond donors (Lipinski definition) is 1. The Morgan fingerprint density at radius 1 is 0.938 bits per heavy atom. The minimum Gasteiger partial charge on any atom is -0.378 e. The van der Waals surface area contributed by atoms with Crippen molar-refractivity contribution in [2.45, 2.75) is 26.2 Å². The predicted octanol–water partition coefficient (Wildman–Crippen LogP) is 4.13. The molecular formula is C26H35N3O3. The molecule has 0 aromatic heterocycles. The number of rotatable bonds is 7. The van der Waals surface area contributed by atoms with Gasteiger partial charge in [-0.3, -0.25) is 4.79 Å². The second-order valence-corrected chi connectivity index (χ2v) is 8.66. The van der Waals surface area contributed by atoms with Gasteiger partial charge in [0.2, 0.25) is 5.91 Å². The second-order valence-electron chi connectivity index (χ2n) is 8.66. The van der Waals surface area contributed by atoms with Crippen molar-refractivity contribution in [2.24, 2.45) is 5.92 Å². The van der Waals surface area contributed by atoms with Gasteiger partial charge in [-0.25, -0.2) is 0 Å². The molecule has 2 aromatic carbocycles. The summed E-state index contributed by atoms with van der Waals surface area (Å²) in [5.74, 6) is 0.119. The summed E-state index contributed by atoms with van der Waals surface area (Å²) in [6.45, 7) is 10.6. The third-order valence-corrected chi connectivity index (χ3v) is 6.62. The molecule has 2 saturated heterocycles. The summed E-state index contributed by atoms with van der Waals surface area (Å²) in [6.07, 6.45) is 0.944. The Bertz CT molecular complexity index is 877. The van der Waals surface area contributed by atoms with Gasteiger partial charge in [0.05, 0.1) is 43.7 Å². The van der Waals surface area contributed by atoms with Gasteiger partial charge in [0, 0.05) is 31.9 Å². The Hall–Kier alpha value is -2.57. The molecule has 0 bridgehead atoms. The van der Waals surface area contributed by atoms with Gasteiger partial charge >= 0.3 is 0 Å². The highest BCUT2D eigenvalue weighted by Crippen LogP contribution is 2.34. The number of benzene rings is 2. The summed E-state index contributed by atoms with van der Waals surface area (Å²) in [4.78, 5) is 18.2. The molecule has 172 valence electrons. The zero-order valence-corrected chi connectivity index (χ0v) is 19.3. The molecule has 2 heterocycles. The molecule has 0 saturated carbocycles. The topological polar surface area (TPSA) is 54.0 Å². The van der Waals surface area contributed by atoms with Crippen LogP contribution < -0.4 is 15.1 Å². The first-order chi connectivity index (χ1) is 15.7. The van der Waals surface area contributed by atoms with Crippen molar-refractivity contribution >= 4 is 23.0 Å². The number of carbonyl (C=O) groups is 1. The van der Waals surface area contributed by atoms with Crippen molar-refractivity contribution in [2.75, 3.05) is 67.7 Å². The van der Waals surface area contributed by atoms with Crippen molar-refractivity contribution in [1.29, 1.82) is 0 Å². The average Bonchev–Trinajstić information content (AvgIpc) is 2.86. The normalized spacial score (nSPS) is 18.8. The van der Waals surface area contributed by atoms with E-state index < -0.39 is 0 Å². The van der Waals surface area contributed by atoms with Crippen LogP contribution in [0.3, 0.4) is 0 Å². The van der Waals surface area contributed by atoms with E-state index in [1.807, 2.05) is 18.2 Å². The quantitative estimate of drug-likeness (QED) is 0.706. The van der Waals surface area contributed by atoms with E-state index in [-0.39, 0.29) is 17.7 Å². The molecule has 2 aliphatic heterocycles. The molecule has 4 rings (SSSR count). The molecule has 1 N–H and O–H groups in total. The van der Waals surface area contributed by atoms with Gasteiger partial charge in [0.1, 0.15) is 0 Å². The highest BCUT2D eigenvalue weighted by atomic mass is 16.5. The number of hydrogen-bond acceptors (Lipinski definition) is 5. The predicted molar refractivity (Wildman–Crippen MR) is 130 cm³/mol. The Kier molecular flexibility index (Phi) is 7.66. The van der Waals surface area contributed by atoms with Crippen LogP contribution >= 0.6 is 0 Å². The Balaban J connectivity index is 1.62. The van der Waals surface area contributed by atoms with Crippen molar-refractivity contribution in [3.05, 3.63) is 54.1 Å². The lowest BCUT2D eigenvalue weighted by molar-refractivity contribution is -0.118. The van der Waals surface area contributed by atoms with E-state index in [0.717, 1.165) is 62.8 Å². The van der Waals surface area contributed by atoms with Crippen LogP contribution in [0.15, 0.2) is 48.5 Å². The second kappa shape index (κ2) is 10.8. The minimum atomic E-state index is -0.183.